The van der Waals surface area contributed by atoms with Gasteiger partial charge < -0.3 is 10.4 Å². The summed E-state index contributed by atoms with van der Waals surface area (Å²) in [7, 11) is 0. The molecule has 0 amide bonds. The van der Waals surface area contributed by atoms with Crippen LogP contribution in [0.2, 0.25) is 5.02 Å². The van der Waals surface area contributed by atoms with Crippen LogP contribution in [-0.2, 0) is 0 Å². The van der Waals surface area contributed by atoms with Crippen molar-refractivity contribution < 1.29 is 10.4 Å². The predicted octanol–water partition coefficient (Wildman–Crippen LogP) is 1.82. The van der Waals surface area contributed by atoms with Gasteiger partial charge in [-0.15, -0.1) is 0 Å². The van der Waals surface area contributed by atoms with Gasteiger partial charge in [0.2, 0.25) is 0 Å². The fourth-order valence-corrected chi connectivity index (χ4v) is 1.61. The molecule has 0 aliphatic heterocycles. The Morgan fingerprint density at radius 3 is 2.79 bits per heavy atom. The normalized spacial score (nSPS) is 12.2. The van der Waals surface area contributed by atoms with E-state index < -0.39 is 0 Å². The van der Waals surface area contributed by atoms with Gasteiger partial charge in [-0.25, -0.2) is 0 Å². The van der Waals surface area contributed by atoms with Gasteiger partial charge in [0.25, 0.3) is 0 Å². The van der Waals surface area contributed by atoms with Crippen molar-refractivity contribution in [1.29, 1.82) is 0 Å². The molecule has 2 aromatic rings. The van der Waals surface area contributed by atoms with Gasteiger partial charge in [0.05, 0.1) is 10.5 Å². The molecule has 0 unspecified atom stereocenters. The second kappa shape index (κ2) is 3.23. The van der Waals surface area contributed by atoms with Gasteiger partial charge in [0.15, 0.2) is 0 Å². The summed E-state index contributed by atoms with van der Waals surface area (Å²) in [4.78, 5) is 0. The van der Waals surface area contributed by atoms with Gasteiger partial charge in [-0.3, -0.25) is 0 Å². The zero-order valence-electron chi connectivity index (χ0n) is 7.05. The van der Waals surface area contributed by atoms with E-state index in [0.29, 0.717) is 21.3 Å². The Labute approximate surface area is 84.2 Å². The Hall–Kier alpha value is -1.68. The summed E-state index contributed by atoms with van der Waals surface area (Å²) < 4.78 is 0.926. The first-order chi connectivity index (χ1) is 6.74. The Morgan fingerprint density at radius 1 is 1.29 bits per heavy atom. The molecule has 4 nitrogen and oxygen atoms in total. The summed E-state index contributed by atoms with van der Waals surface area (Å²) in [6.45, 7) is 0. The largest absolute Gasteiger partial charge is 0.428 e. The number of hydrogen-bond acceptors (Lipinski definition) is 3. The number of rotatable bonds is 0. The summed E-state index contributed by atoms with van der Waals surface area (Å²) in [6, 6.07) is 6.52. The molecule has 1 aromatic carbocycles. The SMILES string of the molecule is O/N=c1/ccn(O)c2cccc(Cl)c12. The Balaban J connectivity index is 3.08. The van der Waals surface area contributed by atoms with Crippen molar-refractivity contribution in [3.8, 4) is 0 Å². The third-order valence-corrected chi connectivity index (χ3v) is 2.29. The molecule has 0 spiro atoms. The van der Waals surface area contributed by atoms with Crippen LogP contribution in [0.1, 0.15) is 0 Å². The van der Waals surface area contributed by atoms with Gasteiger partial charge in [-0.1, -0.05) is 22.8 Å². The smallest absolute Gasteiger partial charge is 0.115 e. The topological polar surface area (TPSA) is 57.8 Å². The average molecular weight is 211 g/mol. The molecule has 2 N–H and O–H groups in total. The number of pyridine rings is 1. The molecular formula is C9H7ClN2O2. The van der Waals surface area contributed by atoms with Crippen LogP contribution in [0.15, 0.2) is 35.6 Å². The number of nitrogens with zero attached hydrogens (tertiary/aromatic N) is 2. The van der Waals surface area contributed by atoms with Crippen LogP contribution >= 0.6 is 11.6 Å². The first-order valence-corrected chi connectivity index (χ1v) is 4.29. The van der Waals surface area contributed by atoms with Crippen molar-refractivity contribution >= 4 is 22.5 Å². The Kier molecular flexibility index (Phi) is 2.05. The molecule has 1 heterocycles. The lowest BCUT2D eigenvalue weighted by Gasteiger charge is -2.04. The van der Waals surface area contributed by atoms with E-state index in [1.54, 1.807) is 18.2 Å². The van der Waals surface area contributed by atoms with Crippen LogP contribution in [0.4, 0.5) is 0 Å². The molecular weight excluding hydrogens is 204 g/mol. The van der Waals surface area contributed by atoms with Crippen LogP contribution in [0.5, 0.6) is 0 Å². The van der Waals surface area contributed by atoms with Crippen LogP contribution in [0.25, 0.3) is 10.9 Å². The average Bonchev–Trinajstić information content (AvgIpc) is 2.20. The monoisotopic (exact) mass is 210 g/mol. The summed E-state index contributed by atoms with van der Waals surface area (Å²) in [5.41, 5.74) is 0.493. The number of hydrogen-bond donors (Lipinski definition) is 2. The molecule has 2 rings (SSSR count). The molecule has 0 saturated carbocycles. The molecule has 14 heavy (non-hydrogen) atoms. The minimum absolute atomic E-state index is 0.330. The van der Waals surface area contributed by atoms with E-state index in [-0.39, 0.29) is 0 Å². The molecule has 0 aliphatic rings. The highest BCUT2D eigenvalue weighted by molar-refractivity contribution is 6.35. The van der Waals surface area contributed by atoms with Crippen molar-refractivity contribution in [3.63, 3.8) is 0 Å². The summed E-state index contributed by atoms with van der Waals surface area (Å²) in [5, 5.41) is 22.5. The maximum absolute atomic E-state index is 9.45. The fraction of sp³-hybridized carbons (Fsp3) is 0. The highest BCUT2D eigenvalue weighted by Gasteiger charge is 2.04. The molecule has 0 radical (unpaired) electrons. The standard InChI is InChI=1S/C9H7ClN2O2/c10-6-2-1-3-8-9(6)7(11-13)4-5-12(8)14/h1-5,13-14H/b11-7-. The second-order valence-electron chi connectivity index (χ2n) is 2.78. The van der Waals surface area contributed by atoms with Gasteiger partial charge in [-0.2, -0.15) is 4.73 Å². The first kappa shape index (κ1) is 8.90. The Morgan fingerprint density at radius 2 is 2.07 bits per heavy atom. The zero-order valence-corrected chi connectivity index (χ0v) is 7.81. The number of halogens is 1. The van der Waals surface area contributed by atoms with Crippen LogP contribution in [0.3, 0.4) is 0 Å². The molecule has 5 heteroatoms. The summed E-state index contributed by atoms with van der Waals surface area (Å²) in [5.74, 6) is 0. The van der Waals surface area contributed by atoms with Crippen LogP contribution in [0, 0.1) is 0 Å². The number of aromatic nitrogens is 1. The van der Waals surface area contributed by atoms with E-state index >= 15 is 0 Å². The van der Waals surface area contributed by atoms with Crippen molar-refractivity contribution in [2.75, 3.05) is 0 Å². The van der Waals surface area contributed by atoms with Gasteiger partial charge in [0.1, 0.15) is 5.36 Å². The first-order valence-electron chi connectivity index (χ1n) is 3.91. The minimum Gasteiger partial charge on any atom is -0.428 e. The molecule has 1 aromatic heterocycles. The van der Waals surface area contributed by atoms with Crippen LogP contribution in [-0.4, -0.2) is 15.1 Å². The highest BCUT2D eigenvalue weighted by atomic mass is 35.5. The number of fused-ring (bicyclic) bond motifs is 1. The van der Waals surface area contributed by atoms with E-state index in [4.69, 9.17) is 16.8 Å². The fourth-order valence-electron chi connectivity index (χ4n) is 1.35. The van der Waals surface area contributed by atoms with Gasteiger partial charge in [0, 0.05) is 11.6 Å². The number of benzene rings is 1. The van der Waals surface area contributed by atoms with E-state index in [1.807, 2.05) is 0 Å². The lowest BCUT2D eigenvalue weighted by atomic mass is 10.2. The lowest BCUT2D eigenvalue weighted by molar-refractivity contribution is 0.197. The third-order valence-electron chi connectivity index (χ3n) is 1.98. The van der Waals surface area contributed by atoms with Crippen molar-refractivity contribution in [2.24, 2.45) is 5.16 Å². The third kappa shape index (κ3) is 1.20. The highest BCUT2D eigenvalue weighted by Crippen LogP contribution is 2.18. The molecule has 0 saturated heterocycles. The van der Waals surface area contributed by atoms with E-state index in [2.05, 4.69) is 5.16 Å². The second-order valence-corrected chi connectivity index (χ2v) is 3.19. The lowest BCUT2D eigenvalue weighted by Crippen LogP contribution is -2.07. The summed E-state index contributed by atoms with van der Waals surface area (Å²) >= 11 is 5.92. The molecule has 0 fully saturated rings. The molecule has 0 aliphatic carbocycles. The van der Waals surface area contributed by atoms with Gasteiger partial charge in [-0.05, 0) is 18.2 Å². The van der Waals surface area contributed by atoms with Crippen molar-refractivity contribution in [3.05, 3.63) is 40.8 Å². The van der Waals surface area contributed by atoms with Crippen molar-refractivity contribution in [2.45, 2.75) is 0 Å². The van der Waals surface area contributed by atoms with Gasteiger partial charge >= 0.3 is 0 Å². The summed E-state index contributed by atoms with van der Waals surface area (Å²) in [6.07, 6.45) is 1.38. The maximum atomic E-state index is 9.45. The van der Waals surface area contributed by atoms with E-state index in [1.165, 1.54) is 12.3 Å². The van der Waals surface area contributed by atoms with E-state index in [9.17, 15) is 5.21 Å². The molecule has 0 bridgehead atoms. The maximum Gasteiger partial charge on any atom is 0.115 e. The zero-order chi connectivity index (χ0) is 10.1. The van der Waals surface area contributed by atoms with Crippen molar-refractivity contribution in [1.82, 2.24) is 4.73 Å². The predicted molar refractivity (Wildman–Crippen MR) is 51.5 cm³/mol. The Bertz CT molecular complexity index is 548. The minimum atomic E-state index is 0.330. The van der Waals surface area contributed by atoms with Crippen LogP contribution < -0.4 is 5.36 Å². The quantitative estimate of drug-likeness (QED) is 0.396. The molecule has 0 atom stereocenters. The molecule has 72 valence electrons. The van der Waals surface area contributed by atoms with E-state index in [0.717, 1.165) is 4.73 Å².